The minimum absolute atomic E-state index is 0.0898. The number of hydrogen-bond acceptors (Lipinski definition) is 3. The first-order valence-corrected chi connectivity index (χ1v) is 7.32. The molecule has 0 saturated carbocycles. The van der Waals surface area contributed by atoms with Gasteiger partial charge in [0.15, 0.2) is 5.96 Å². The van der Waals surface area contributed by atoms with Gasteiger partial charge in [0, 0.05) is 32.3 Å². The number of nitrogens with zero attached hydrogens (tertiary/aromatic N) is 2. The van der Waals surface area contributed by atoms with Gasteiger partial charge in [-0.25, -0.2) is 0 Å². The normalized spacial score (nSPS) is 11.1. The van der Waals surface area contributed by atoms with E-state index in [0.717, 1.165) is 5.56 Å². The molecule has 0 aromatic heterocycles. The first-order chi connectivity index (χ1) is 11.1. The minimum atomic E-state index is -0.395. The molecule has 0 spiro atoms. The van der Waals surface area contributed by atoms with Crippen LogP contribution in [0.4, 0.5) is 5.69 Å². The van der Waals surface area contributed by atoms with Crippen molar-refractivity contribution in [2.45, 2.75) is 20.0 Å². The highest BCUT2D eigenvalue weighted by Gasteiger charge is 2.06. The van der Waals surface area contributed by atoms with Crippen molar-refractivity contribution in [3.8, 4) is 0 Å². The highest BCUT2D eigenvalue weighted by Crippen LogP contribution is 2.12. The molecule has 2 N–H and O–H groups in total. The van der Waals surface area contributed by atoms with Crippen molar-refractivity contribution >= 4 is 11.6 Å². The summed E-state index contributed by atoms with van der Waals surface area (Å²) in [5.41, 5.74) is 3.30. The van der Waals surface area contributed by atoms with Crippen LogP contribution in [0.2, 0.25) is 0 Å². The van der Waals surface area contributed by atoms with Gasteiger partial charge in [-0.2, -0.15) is 0 Å². The Kier molecular flexibility index (Phi) is 5.68. The predicted molar refractivity (Wildman–Crippen MR) is 91.3 cm³/mol. The molecule has 0 aliphatic heterocycles. The molecule has 0 unspecified atom stereocenters. The molecule has 6 nitrogen and oxygen atoms in total. The highest BCUT2D eigenvalue weighted by atomic mass is 16.6. The first kappa shape index (κ1) is 16.5. The van der Waals surface area contributed by atoms with E-state index in [0.29, 0.717) is 19.0 Å². The van der Waals surface area contributed by atoms with Gasteiger partial charge in [0.2, 0.25) is 0 Å². The lowest BCUT2D eigenvalue weighted by Crippen LogP contribution is -2.36. The molecule has 0 fully saturated rings. The van der Waals surface area contributed by atoms with E-state index >= 15 is 0 Å². The molecular weight excluding hydrogens is 292 g/mol. The van der Waals surface area contributed by atoms with Crippen molar-refractivity contribution < 1.29 is 4.92 Å². The zero-order chi connectivity index (χ0) is 16.7. The number of benzene rings is 2. The van der Waals surface area contributed by atoms with E-state index in [1.54, 1.807) is 19.2 Å². The average Bonchev–Trinajstić information content (AvgIpc) is 2.55. The van der Waals surface area contributed by atoms with E-state index in [1.165, 1.54) is 17.2 Å². The number of hydrogen-bond donors (Lipinski definition) is 2. The van der Waals surface area contributed by atoms with Crippen LogP contribution in [0.3, 0.4) is 0 Å². The van der Waals surface area contributed by atoms with Gasteiger partial charge in [0.05, 0.1) is 4.92 Å². The van der Waals surface area contributed by atoms with Crippen LogP contribution >= 0.6 is 0 Å². The molecule has 0 bridgehead atoms. The Labute approximate surface area is 135 Å². The number of guanidine groups is 1. The Bertz CT molecular complexity index is 713. The van der Waals surface area contributed by atoms with Gasteiger partial charge in [-0.1, -0.05) is 42.0 Å². The molecule has 0 heterocycles. The maximum Gasteiger partial charge on any atom is 0.269 e. The highest BCUT2D eigenvalue weighted by molar-refractivity contribution is 5.79. The summed E-state index contributed by atoms with van der Waals surface area (Å²) < 4.78 is 0. The fourth-order valence-corrected chi connectivity index (χ4v) is 2.19. The van der Waals surface area contributed by atoms with Gasteiger partial charge in [-0.05, 0) is 18.1 Å². The van der Waals surface area contributed by atoms with Crippen LogP contribution < -0.4 is 10.6 Å². The van der Waals surface area contributed by atoms with Crippen LogP contribution in [0.25, 0.3) is 0 Å². The number of aryl methyl sites for hydroxylation is 1. The number of aliphatic imine (C=N–C) groups is 1. The first-order valence-electron chi connectivity index (χ1n) is 7.32. The molecule has 23 heavy (non-hydrogen) atoms. The molecule has 0 aliphatic carbocycles. The van der Waals surface area contributed by atoms with Crippen LogP contribution in [0.1, 0.15) is 16.7 Å². The molecule has 2 aromatic rings. The van der Waals surface area contributed by atoms with Gasteiger partial charge in [0.25, 0.3) is 5.69 Å². The Balaban J connectivity index is 1.90. The summed E-state index contributed by atoms with van der Waals surface area (Å²) >= 11 is 0. The third-order valence-corrected chi connectivity index (χ3v) is 3.35. The van der Waals surface area contributed by atoms with Gasteiger partial charge in [0.1, 0.15) is 0 Å². The lowest BCUT2D eigenvalue weighted by atomic mass is 10.1. The van der Waals surface area contributed by atoms with Crippen molar-refractivity contribution in [2.24, 2.45) is 4.99 Å². The molecule has 2 aromatic carbocycles. The van der Waals surface area contributed by atoms with Gasteiger partial charge in [-0.15, -0.1) is 0 Å². The average molecular weight is 312 g/mol. The Morgan fingerprint density at radius 1 is 1.09 bits per heavy atom. The van der Waals surface area contributed by atoms with E-state index in [1.807, 2.05) is 18.2 Å². The van der Waals surface area contributed by atoms with Crippen molar-refractivity contribution in [3.63, 3.8) is 0 Å². The minimum Gasteiger partial charge on any atom is -0.352 e. The van der Waals surface area contributed by atoms with E-state index in [2.05, 4.69) is 34.7 Å². The number of nitro groups is 1. The van der Waals surface area contributed by atoms with Crippen molar-refractivity contribution in [1.82, 2.24) is 10.6 Å². The largest absolute Gasteiger partial charge is 0.352 e. The third kappa shape index (κ3) is 5.10. The van der Waals surface area contributed by atoms with Crippen LogP contribution in [-0.2, 0) is 13.1 Å². The summed E-state index contributed by atoms with van der Waals surface area (Å²) in [4.78, 5) is 14.5. The van der Waals surface area contributed by atoms with Gasteiger partial charge < -0.3 is 10.6 Å². The molecule has 120 valence electrons. The molecule has 6 heteroatoms. The number of nitro benzene ring substituents is 1. The molecule has 0 saturated heterocycles. The maximum absolute atomic E-state index is 10.8. The van der Waals surface area contributed by atoms with Gasteiger partial charge >= 0.3 is 0 Å². The lowest BCUT2D eigenvalue weighted by molar-refractivity contribution is -0.384. The van der Waals surface area contributed by atoms with E-state index in [-0.39, 0.29) is 5.69 Å². The fraction of sp³-hybridized carbons (Fsp3) is 0.235. The van der Waals surface area contributed by atoms with Crippen molar-refractivity contribution in [1.29, 1.82) is 0 Å². The summed E-state index contributed by atoms with van der Waals surface area (Å²) in [6.07, 6.45) is 0. The zero-order valence-corrected chi connectivity index (χ0v) is 13.2. The summed E-state index contributed by atoms with van der Waals surface area (Å²) in [6, 6.07) is 14.8. The van der Waals surface area contributed by atoms with E-state index in [4.69, 9.17) is 0 Å². The Hall–Kier alpha value is -2.89. The second-order valence-corrected chi connectivity index (χ2v) is 5.20. The second-order valence-electron chi connectivity index (χ2n) is 5.20. The summed E-state index contributed by atoms with van der Waals surface area (Å²) in [6.45, 7) is 3.18. The van der Waals surface area contributed by atoms with E-state index < -0.39 is 4.92 Å². The van der Waals surface area contributed by atoms with Crippen molar-refractivity contribution in [2.75, 3.05) is 7.05 Å². The standard InChI is InChI=1S/C17H20N4O2/c1-13-5-3-6-14(9-13)11-19-17(18-2)20-12-15-7-4-8-16(10-15)21(22)23/h3-10H,11-12H2,1-2H3,(H2,18,19,20). The molecule has 0 radical (unpaired) electrons. The Morgan fingerprint density at radius 3 is 2.26 bits per heavy atom. The molecule has 2 rings (SSSR count). The molecule has 0 amide bonds. The summed E-state index contributed by atoms with van der Waals surface area (Å²) in [5.74, 6) is 0.651. The molecule has 0 atom stereocenters. The van der Waals surface area contributed by atoms with Crippen LogP contribution in [-0.4, -0.2) is 17.9 Å². The number of rotatable bonds is 5. The maximum atomic E-state index is 10.8. The monoisotopic (exact) mass is 312 g/mol. The fourth-order valence-electron chi connectivity index (χ4n) is 2.19. The Morgan fingerprint density at radius 2 is 1.70 bits per heavy atom. The second kappa shape index (κ2) is 7.93. The molecular formula is C17H20N4O2. The summed E-state index contributed by atoms with van der Waals surface area (Å²) in [7, 11) is 1.69. The topological polar surface area (TPSA) is 79.6 Å². The van der Waals surface area contributed by atoms with Crippen LogP contribution in [0, 0.1) is 17.0 Å². The summed E-state index contributed by atoms with van der Waals surface area (Å²) in [5, 5.41) is 17.2. The quantitative estimate of drug-likeness (QED) is 0.385. The predicted octanol–water partition coefficient (Wildman–Crippen LogP) is 2.77. The SMILES string of the molecule is CN=C(NCc1cccc(C)c1)NCc1cccc([N+](=O)[O-])c1. The van der Waals surface area contributed by atoms with Gasteiger partial charge in [-0.3, -0.25) is 15.1 Å². The molecule has 0 aliphatic rings. The number of nitrogens with one attached hydrogen (secondary N) is 2. The van der Waals surface area contributed by atoms with E-state index in [9.17, 15) is 10.1 Å². The third-order valence-electron chi connectivity index (χ3n) is 3.35. The zero-order valence-electron chi connectivity index (χ0n) is 13.2. The lowest BCUT2D eigenvalue weighted by Gasteiger charge is -2.12. The van der Waals surface area contributed by atoms with Crippen LogP contribution in [0.15, 0.2) is 53.5 Å². The number of non-ortho nitro benzene ring substituents is 1. The van der Waals surface area contributed by atoms with Crippen molar-refractivity contribution in [3.05, 3.63) is 75.3 Å². The smallest absolute Gasteiger partial charge is 0.269 e. The van der Waals surface area contributed by atoms with Crippen LogP contribution in [0.5, 0.6) is 0 Å².